The standard InChI is InChI=1S/C9H10ClNO2/c1-6-4-3-5-8(10)9(6)11(13)7(2)12/h3-5,13H,1-2H3. The van der Waals surface area contributed by atoms with Gasteiger partial charge in [-0.25, -0.2) is 0 Å². The first-order valence-electron chi connectivity index (χ1n) is 3.78. The Bertz CT molecular complexity index is 318. The Kier molecular flexibility index (Phi) is 2.90. The van der Waals surface area contributed by atoms with E-state index in [0.29, 0.717) is 15.8 Å². The SMILES string of the molecule is CC(=O)N(O)c1c(C)cccc1Cl. The number of benzene rings is 1. The monoisotopic (exact) mass is 199 g/mol. The molecule has 0 fully saturated rings. The third-order valence-corrected chi connectivity index (χ3v) is 2.00. The molecule has 0 saturated heterocycles. The molecule has 1 N–H and O–H groups in total. The molecule has 0 aliphatic carbocycles. The van der Waals surface area contributed by atoms with E-state index in [9.17, 15) is 10.0 Å². The normalized spacial score (nSPS) is 9.85. The van der Waals surface area contributed by atoms with Crippen LogP contribution in [0.2, 0.25) is 5.02 Å². The van der Waals surface area contributed by atoms with E-state index in [1.54, 1.807) is 25.1 Å². The summed E-state index contributed by atoms with van der Waals surface area (Å²) in [5, 5.41) is 10.3. The summed E-state index contributed by atoms with van der Waals surface area (Å²) in [7, 11) is 0. The number of carbonyl (C=O) groups is 1. The topological polar surface area (TPSA) is 40.5 Å². The van der Waals surface area contributed by atoms with Crippen LogP contribution < -0.4 is 5.06 Å². The molecule has 0 spiro atoms. The Balaban J connectivity index is 3.20. The minimum Gasteiger partial charge on any atom is -0.281 e. The third-order valence-electron chi connectivity index (χ3n) is 1.70. The van der Waals surface area contributed by atoms with Gasteiger partial charge in [0.15, 0.2) is 0 Å². The highest BCUT2D eigenvalue weighted by Gasteiger charge is 2.13. The summed E-state index contributed by atoms with van der Waals surface area (Å²) in [4.78, 5) is 10.9. The number of para-hydroxylation sites is 1. The zero-order valence-corrected chi connectivity index (χ0v) is 8.17. The summed E-state index contributed by atoms with van der Waals surface area (Å²) in [6, 6.07) is 5.15. The van der Waals surface area contributed by atoms with E-state index in [2.05, 4.69) is 0 Å². The van der Waals surface area contributed by atoms with Crippen LogP contribution in [0.15, 0.2) is 18.2 Å². The Hall–Kier alpha value is -1.06. The molecule has 0 aromatic heterocycles. The van der Waals surface area contributed by atoms with E-state index < -0.39 is 5.91 Å². The van der Waals surface area contributed by atoms with E-state index in [1.165, 1.54) is 6.92 Å². The molecule has 1 aromatic carbocycles. The Labute approximate surface area is 81.5 Å². The maximum Gasteiger partial charge on any atom is 0.247 e. The number of nitrogens with zero attached hydrogens (tertiary/aromatic N) is 1. The van der Waals surface area contributed by atoms with E-state index in [-0.39, 0.29) is 0 Å². The lowest BCUT2D eigenvalue weighted by Crippen LogP contribution is -2.24. The Morgan fingerprint density at radius 2 is 2.15 bits per heavy atom. The number of halogens is 1. The summed E-state index contributed by atoms with van der Waals surface area (Å²) in [6.07, 6.45) is 0. The minimum atomic E-state index is -0.462. The van der Waals surface area contributed by atoms with Gasteiger partial charge >= 0.3 is 0 Å². The van der Waals surface area contributed by atoms with Crippen molar-refractivity contribution in [2.45, 2.75) is 13.8 Å². The Morgan fingerprint density at radius 3 is 2.62 bits per heavy atom. The van der Waals surface area contributed by atoms with Gasteiger partial charge in [-0.15, -0.1) is 0 Å². The zero-order chi connectivity index (χ0) is 10.0. The molecule has 0 bridgehead atoms. The van der Waals surface area contributed by atoms with Crippen LogP contribution in [0.4, 0.5) is 5.69 Å². The fraction of sp³-hybridized carbons (Fsp3) is 0.222. The van der Waals surface area contributed by atoms with Crippen molar-refractivity contribution in [2.75, 3.05) is 5.06 Å². The van der Waals surface area contributed by atoms with Crippen LogP contribution in [-0.4, -0.2) is 11.1 Å². The van der Waals surface area contributed by atoms with Crippen LogP contribution >= 0.6 is 11.6 Å². The molecule has 0 aliphatic heterocycles. The highest BCUT2D eigenvalue weighted by atomic mass is 35.5. The van der Waals surface area contributed by atoms with Gasteiger partial charge in [0.2, 0.25) is 5.91 Å². The summed E-state index contributed by atoms with van der Waals surface area (Å²) in [6.45, 7) is 3.04. The van der Waals surface area contributed by atoms with Crippen molar-refractivity contribution >= 4 is 23.2 Å². The molecule has 0 unspecified atom stereocenters. The predicted molar refractivity (Wildman–Crippen MR) is 51.1 cm³/mol. The van der Waals surface area contributed by atoms with Gasteiger partial charge in [0.05, 0.1) is 10.7 Å². The fourth-order valence-corrected chi connectivity index (χ4v) is 1.35. The molecule has 1 aromatic rings. The maximum absolute atomic E-state index is 10.9. The molecule has 0 radical (unpaired) electrons. The second-order valence-electron chi connectivity index (χ2n) is 2.74. The second-order valence-corrected chi connectivity index (χ2v) is 3.14. The lowest BCUT2D eigenvalue weighted by Gasteiger charge is -2.16. The molecule has 1 rings (SSSR count). The number of carbonyl (C=O) groups excluding carboxylic acids is 1. The van der Waals surface area contributed by atoms with Crippen LogP contribution in [-0.2, 0) is 4.79 Å². The predicted octanol–water partition coefficient (Wildman–Crippen LogP) is 2.39. The summed E-state index contributed by atoms with van der Waals surface area (Å²) in [5.74, 6) is -0.462. The maximum atomic E-state index is 10.9. The summed E-state index contributed by atoms with van der Waals surface area (Å²) in [5.41, 5.74) is 1.10. The minimum absolute atomic E-state index is 0.344. The first-order valence-corrected chi connectivity index (χ1v) is 4.16. The summed E-state index contributed by atoms with van der Waals surface area (Å²) >= 11 is 5.81. The van der Waals surface area contributed by atoms with Gasteiger partial charge in [-0.3, -0.25) is 10.0 Å². The molecule has 0 aliphatic rings. The van der Waals surface area contributed by atoms with Gasteiger partial charge < -0.3 is 0 Å². The lowest BCUT2D eigenvalue weighted by molar-refractivity contribution is -0.121. The second kappa shape index (κ2) is 3.77. The van der Waals surface area contributed by atoms with Crippen molar-refractivity contribution in [1.82, 2.24) is 0 Å². The highest BCUT2D eigenvalue weighted by Crippen LogP contribution is 2.28. The molecule has 13 heavy (non-hydrogen) atoms. The van der Waals surface area contributed by atoms with Crippen LogP contribution in [0.5, 0.6) is 0 Å². The number of aryl methyl sites for hydroxylation is 1. The van der Waals surface area contributed by atoms with Crippen LogP contribution in [0.3, 0.4) is 0 Å². The Morgan fingerprint density at radius 1 is 1.54 bits per heavy atom. The van der Waals surface area contributed by atoms with Crippen LogP contribution in [0, 0.1) is 6.92 Å². The molecular formula is C9H10ClNO2. The third kappa shape index (κ3) is 1.99. The number of hydrogen-bond acceptors (Lipinski definition) is 2. The van der Waals surface area contributed by atoms with E-state index in [4.69, 9.17) is 11.6 Å². The van der Waals surface area contributed by atoms with Crippen molar-refractivity contribution in [2.24, 2.45) is 0 Å². The number of hydroxylamine groups is 1. The zero-order valence-electron chi connectivity index (χ0n) is 7.41. The smallest absolute Gasteiger partial charge is 0.247 e. The van der Waals surface area contributed by atoms with Crippen LogP contribution in [0.1, 0.15) is 12.5 Å². The van der Waals surface area contributed by atoms with Crippen LogP contribution in [0.25, 0.3) is 0 Å². The summed E-state index contributed by atoms with van der Waals surface area (Å²) < 4.78 is 0. The van der Waals surface area contributed by atoms with E-state index in [1.807, 2.05) is 0 Å². The molecule has 0 heterocycles. The highest BCUT2D eigenvalue weighted by molar-refractivity contribution is 6.33. The van der Waals surface area contributed by atoms with Gasteiger partial charge in [0.25, 0.3) is 0 Å². The first kappa shape index (κ1) is 10.0. The van der Waals surface area contributed by atoms with Crippen molar-refractivity contribution in [3.05, 3.63) is 28.8 Å². The quantitative estimate of drug-likeness (QED) is 0.557. The number of rotatable bonds is 1. The van der Waals surface area contributed by atoms with Gasteiger partial charge in [-0.2, -0.15) is 5.06 Å². The van der Waals surface area contributed by atoms with Crippen molar-refractivity contribution in [3.63, 3.8) is 0 Å². The van der Waals surface area contributed by atoms with Gasteiger partial charge in [-0.1, -0.05) is 23.7 Å². The molecule has 0 atom stereocenters. The average molecular weight is 200 g/mol. The largest absolute Gasteiger partial charge is 0.281 e. The van der Waals surface area contributed by atoms with E-state index >= 15 is 0 Å². The molecule has 1 amide bonds. The molecule has 0 saturated carbocycles. The van der Waals surface area contributed by atoms with Crippen molar-refractivity contribution < 1.29 is 10.0 Å². The van der Waals surface area contributed by atoms with Gasteiger partial charge in [-0.05, 0) is 18.6 Å². The van der Waals surface area contributed by atoms with Gasteiger partial charge in [0.1, 0.15) is 0 Å². The average Bonchev–Trinajstić information content (AvgIpc) is 2.03. The number of hydrogen-bond donors (Lipinski definition) is 1. The fourth-order valence-electron chi connectivity index (χ4n) is 1.05. The number of amides is 1. The molecular weight excluding hydrogens is 190 g/mol. The molecule has 3 nitrogen and oxygen atoms in total. The van der Waals surface area contributed by atoms with E-state index in [0.717, 1.165) is 5.56 Å². The molecule has 70 valence electrons. The first-order chi connectivity index (χ1) is 6.04. The number of anilines is 1. The molecule has 4 heteroatoms. The van der Waals surface area contributed by atoms with Crippen molar-refractivity contribution in [3.8, 4) is 0 Å². The lowest BCUT2D eigenvalue weighted by atomic mass is 10.2. The van der Waals surface area contributed by atoms with Gasteiger partial charge in [0, 0.05) is 6.92 Å². The van der Waals surface area contributed by atoms with Crippen molar-refractivity contribution in [1.29, 1.82) is 0 Å².